The number of rotatable bonds is 8. The first kappa shape index (κ1) is 25.8. The number of hydrogen-bond acceptors (Lipinski definition) is 4. The van der Waals surface area contributed by atoms with Gasteiger partial charge >= 0.3 is 0 Å². The summed E-state index contributed by atoms with van der Waals surface area (Å²) >= 11 is 13.1. The normalized spacial score (nSPS) is 11.0. The van der Waals surface area contributed by atoms with Crippen molar-refractivity contribution in [1.29, 1.82) is 5.26 Å². The number of ether oxygens (including phenoxy) is 2. The lowest BCUT2D eigenvalue weighted by Crippen LogP contribution is -2.13. The molecule has 34 heavy (non-hydrogen) atoms. The number of nitrogens with zero attached hydrogens (tertiary/aromatic N) is 1. The van der Waals surface area contributed by atoms with Crippen molar-refractivity contribution in [2.45, 2.75) is 20.5 Å². The predicted octanol–water partition coefficient (Wildman–Crippen LogP) is 7.70. The third-order valence-electron chi connectivity index (χ3n) is 4.73. The summed E-state index contributed by atoms with van der Waals surface area (Å²) in [6.07, 6.45) is 1.50. The van der Waals surface area contributed by atoms with E-state index in [9.17, 15) is 10.1 Å². The van der Waals surface area contributed by atoms with Gasteiger partial charge in [-0.15, -0.1) is 0 Å². The van der Waals surface area contributed by atoms with Crippen molar-refractivity contribution in [3.63, 3.8) is 0 Å². The highest BCUT2D eigenvalue weighted by Crippen LogP contribution is 2.38. The molecule has 0 heterocycles. The Bertz CT molecular complexity index is 1270. The number of hydrogen-bond donors (Lipinski definition) is 1. The maximum absolute atomic E-state index is 12.7. The molecule has 1 amide bonds. The molecule has 0 radical (unpaired) electrons. The quantitative estimate of drug-likeness (QED) is 0.211. The maximum Gasteiger partial charge on any atom is 0.266 e. The fourth-order valence-electron chi connectivity index (χ4n) is 2.99. The zero-order valence-corrected chi connectivity index (χ0v) is 22.4. The van der Waals surface area contributed by atoms with Crippen LogP contribution < -0.4 is 14.8 Å². The lowest BCUT2D eigenvalue weighted by Gasteiger charge is -2.15. The summed E-state index contributed by atoms with van der Waals surface area (Å²) in [7, 11) is 0. The maximum atomic E-state index is 12.7. The number of carbonyl (C=O) groups excluding carboxylic acids is 1. The molecule has 0 aliphatic heterocycles. The summed E-state index contributed by atoms with van der Waals surface area (Å²) in [6.45, 7) is 4.52. The zero-order chi connectivity index (χ0) is 24.7. The molecule has 3 rings (SSSR count). The van der Waals surface area contributed by atoms with Crippen LogP contribution in [0.15, 0.2) is 69.1 Å². The molecule has 0 atom stereocenters. The lowest BCUT2D eigenvalue weighted by molar-refractivity contribution is -0.112. The smallest absolute Gasteiger partial charge is 0.266 e. The fraction of sp³-hybridized carbons (Fsp3) is 0.154. The van der Waals surface area contributed by atoms with Crippen LogP contribution in [0.25, 0.3) is 6.08 Å². The molecule has 174 valence electrons. The van der Waals surface area contributed by atoms with Gasteiger partial charge in [-0.1, -0.05) is 45.7 Å². The number of nitriles is 1. The summed E-state index contributed by atoms with van der Waals surface area (Å²) in [5.41, 5.74) is 2.96. The first-order valence-electron chi connectivity index (χ1n) is 10.3. The van der Waals surface area contributed by atoms with E-state index in [1.807, 2.05) is 44.2 Å². The Balaban J connectivity index is 1.84. The molecule has 3 aromatic carbocycles. The van der Waals surface area contributed by atoms with Crippen LogP contribution in [0.2, 0.25) is 5.02 Å². The molecule has 0 unspecified atom stereocenters. The Morgan fingerprint density at radius 3 is 2.50 bits per heavy atom. The van der Waals surface area contributed by atoms with Gasteiger partial charge in [-0.05, 0) is 88.9 Å². The van der Waals surface area contributed by atoms with E-state index >= 15 is 0 Å². The number of amides is 1. The van der Waals surface area contributed by atoms with Gasteiger partial charge in [-0.25, -0.2) is 0 Å². The molecule has 1 N–H and O–H groups in total. The van der Waals surface area contributed by atoms with Crippen molar-refractivity contribution >= 4 is 61.1 Å². The van der Waals surface area contributed by atoms with Crippen LogP contribution in [-0.4, -0.2) is 12.5 Å². The lowest BCUT2D eigenvalue weighted by atomic mass is 10.1. The van der Waals surface area contributed by atoms with Gasteiger partial charge in [0, 0.05) is 15.2 Å². The highest BCUT2D eigenvalue weighted by atomic mass is 79.9. The average molecular weight is 605 g/mol. The minimum Gasteiger partial charge on any atom is -0.490 e. The summed E-state index contributed by atoms with van der Waals surface area (Å²) < 4.78 is 13.4. The van der Waals surface area contributed by atoms with Gasteiger partial charge in [-0.2, -0.15) is 5.26 Å². The van der Waals surface area contributed by atoms with Crippen LogP contribution in [-0.2, 0) is 11.4 Å². The SMILES string of the molecule is CCOc1cc(/C=C(/C#N)C(=O)Nc2ccc(C)c(Cl)c2)cc(Br)c1OCc1ccc(Br)cc1. The molecule has 5 nitrogen and oxygen atoms in total. The van der Waals surface area contributed by atoms with Crippen molar-refractivity contribution in [2.75, 3.05) is 11.9 Å². The monoisotopic (exact) mass is 602 g/mol. The van der Waals surface area contributed by atoms with Crippen LogP contribution in [0.5, 0.6) is 11.5 Å². The van der Waals surface area contributed by atoms with E-state index in [2.05, 4.69) is 37.2 Å². The molecule has 0 bridgehead atoms. The van der Waals surface area contributed by atoms with E-state index in [0.29, 0.717) is 45.5 Å². The van der Waals surface area contributed by atoms with Gasteiger partial charge in [-0.3, -0.25) is 4.79 Å². The van der Waals surface area contributed by atoms with Gasteiger partial charge in [0.2, 0.25) is 0 Å². The van der Waals surface area contributed by atoms with E-state index in [0.717, 1.165) is 15.6 Å². The highest BCUT2D eigenvalue weighted by Gasteiger charge is 2.15. The summed E-state index contributed by atoms with van der Waals surface area (Å²) in [5.74, 6) is 0.509. The zero-order valence-electron chi connectivity index (χ0n) is 18.5. The summed E-state index contributed by atoms with van der Waals surface area (Å²) in [4.78, 5) is 12.7. The molecule has 0 aromatic heterocycles. The molecular formula is C26H21Br2ClN2O3. The van der Waals surface area contributed by atoms with Gasteiger partial charge in [0.05, 0.1) is 11.1 Å². The van der Waals surface area contributed by atoms with Crippen LogP contribution in [0, 0.1) is 18.3 Å². The summed E-state index contributed by atoms with van der Waals surface area (Å²) in [6, 6.07) is 18.5. The first-order valence-corrected chi connectivity index (χ1v) is 12.3. The average Bonchev–Trinajstić information content (AvgIpc) is 2.80. The molecule has 0 saturated heterocycles. The molecule has 0 fully saturated rings. The van der Waals surface area contributed by atoms with Gasteiger partial charge in [0.15, 0.2) is 11.5 Å². The minimum atomic E-state index is -0.535. The number of anilines is 1. The number of carbonyl (C=O) groups is 1. The second-order valence-corrected chi connectivity index (χ2v) is 9.44. The number of aryl methyl sites for hydroxylation is 1. The molecule has 0 saturated carbocycles. The fourth-order valence-corrected chi connectivity index (χ4v) is 4.01. The Kier molecular flexibility index (Phi) is 9.17. The van der Waals surface area contributed by atoms with Crippen molar-refractivity contribution in [2.24, 2.45) is 0 Å². The molecule has 0 spiro atoms. The molecule has 8 heteroatoms. The summed E-state index contributed by atoms with van der Waals surface area (Å²) in [5, 5.41) is 12.8. The third-order valence-corrected chi connectivity index (χ3v) is 6.26. The van der Waals surface area contributed by atoms with Crippen LogP contribution in [0.4, 0.5) is 5.69 Å². The Hall–Kier alpha value is -2.79. The first-order chi connectivity index (χ1) is 16.3. The standard InChI is InChI=1S/C26H21Br2ClN2O3/c1-3-33-24-12-18(11-22(28)25(24)34-15-17-5-7-20(27)8-6-17)10-19(14-30)26(32)31-21-9-4-16(2)23(29)13-21/h4-13H,3,15H2,1-2H3,(H,31,32)/b19-10-. The predicted molar refractivity (Wildman–Crippen MR) is 142 cm³/mol. The Morgan fingerprint density at radius 2 is 1.85 bits per heavy atom. The second kappa shape index (κ2) is 12.1. The van der Waals surface area contributed by atoms with Crippen molar-refractivity contribution in [3.8, 4) is 17.6 Å². The van der Waals surface area contributed by atoms with Gasteiger partial charge in [0.1, 0.15) is 18.2 Å². The van der Waals surface area contributed by atoms with E-state index in [4.69, 9.17) is 21.1 Å². The third kappa shape index (κ3) is 6.86. The van der Waals surface area contributed by atoms with Gasteiger partial charge in [0.25, 0.3) is 5.91 Å². The molecule has 0 aliphatic carbocycles. The van der Waals surface area contributed by atoms with E-state index < -0.39 is 5.91 Å². The van der Waals surface area contributed by atoms with E-state index in [1.165, 1.54) is 6.08 Å². The van der Waals surface area contributed by atoms with Crippen LogP contribution >= 0.6 is 43.5 Å². The van der Waals surface area contributed by atoms with Gasteiger partial charge < -0.3 is 14.8 Å². The van der Waals surface area contributed by atoms with Crippen molar-refractivity contribution < 1.29 is 14.3 Å². The van der Waals surface area contributed by atoms with E-state index in [1.54, 1.807) is 30.3 Å². The number of nitrogens with one attached hydrogen (secondary N) is 1. The molecule has 3 aromatic rings. The second-order valence-electron chi connectivity index (χ2n) is 7.27. The van der Waals surface area contributed by atoms with Crippen molar-refractivity contribution in [1.82, 2.24) is 0 Å². The topological polar surface area (TPSA) is 71.3 Å². The minimum absolute atomic E-state index is 0.0606. The largest absolute Gasteiger partial charge is 0.490 e. The number of halogens is 3. The van der Waals surface area contributed by atoms with Crippen LogP contribution in [0.3, 0.4) is 0 Å². The van der Waals surface area contributed by atoms with Crippen LogP contribution in [0.1, 0.15) is 23.6 Å². The van der Waals surface area contributed by atoms with Crippen molar-refractivity contribution in [3.05, 3.63) is 90.8 Å². The molecular weight excluding hydrogens is 584 g/mol. The van der Waals surface area contributed by atoms with E-state index in [-0.39, 0.29) is 5.57 Å². The Morgan fingerprint density at radius 1 is 1.12 bits per heavy atom. The Labute approximate surface area is 220 Å². The number of benzene rings is 3. The molecule has 0 aliphatic rings. The highest BCUT2D eigenvalue weighted by molar-refractivity contribution is 9.10.